The van der Waals surface area contributed by atoms with E-state index < -0.39 is 11.0 Å². The Bertz CT molecular complexity index is 1320. The summed E-state index contributed by atoms with van der Waals surface area (Å²) in [7, 11) is 0. The number of ketones is 1. The molecule has 33 heavy (non-hydrogen) atoms. The van der Waals surface area contributed by atoms with Crippen LogP contribution >= 0.6 is 11.6 Å². The number of hydrogen-bond donors (Lipinski definition) is 2. The van der Waals surface area contributed by atoms with Crippen LogP contribution in [-0.2, 0) is 4.79 Å². The predicted molar refractivity (Wildman–Crippen MR) is 127 cm³/mol. The Labute approximate surface area is 195 Å². The summed E-state index contributed by atoms with van der Waals surface area (Å²) >= 11 is 6.31. The molecule has 0 fully saturated rings. The number of rotatable bonds is 3. The number of carbonyl (C=O) groups excluding carboxylic acids is 1. The van der Waals surface area contributed by atoms with Crippen molar-refractivity contribution in [2.75, 3.05) is 10.6 Å². The number of carbonyl (C=O) groups is 1. The number of furan rings is 1. The first kappa shape index (κ1) is 21.3. The molecule has 2 heterocycles. The second kappa shape index (κ2) is 7.78. The van der Waals surface area contributed by atoms with Gasteiger partial charge in [0.05, 0.1) is 21.3 Å². The van der Waals surface area contributed by atoms with E-state index in [2.05, 4.69) is 24.5 Å². The van der Waals surface area contributed by atoms with Crippen molar-refractivity contribution in [3.05, 3.63) is 86.8 Å². The molecule has 2 aromatic carbocycles. The summed E-state index contributed by atoms with van der Waals surface area (Å²) in [5, 5.41) is 18.2. The molecule has 8 heteroatoms. The first-order valence-corrected chi connectivity index (χ1v) is 11.0. The van der Waals surface area contributed by atoms with Gasteiger partial charge in [0, 0.05) is 35.4 Å². The van der Waals surface area contributed by atoms with Crippen molar-refractivity contribution in [3.8, 4) is 11.3 Å². The smallest absolute Gasteiger partial charge is 0.270 e. The number of nitro groups is 1. The topological polar surface area (TPSA) is 97.4 Å². The van der Waals surface area contributed by atoms with Gasteiger partial charge in [0.1, 0.15) is 17.6 Å². The zero-order valence-electron chi connectivity index (χ0n) is 18.1. The van der Waals surface area contributed by atoms with Crippen molar-refractivity contribution in [3.63, 3.8) is 0 Å². The highest BCUT2D eigenvalue weighted by Gasteiger charge is 2.39. The number of halogens is 1. The van der Waals surface area contributed by atoms with Gasteiger partial charge < -0.3 is 15.1 Å². The number of Topliss-reactive ketones (excluding diaryl/α,β-unsaturated/α-hetero) is 1. The molecule has 0 saturated carbocycles. The third-order valence-corrected chi connectivity index (χ3v) is 6.37. The van der Waals surface area contributed by atoms with Crippen LogP contribution in [0.1, 0.15) is 38.5 Å². The lowest BCUT2D eigenvalue weighted by Crippen LogP contribution is -2.31. The average Bonchev–Trinajstić information content (AvgIpc) is 3.16. The number of non-ortho nitro benzene ring substituents is 1. The Morgan fingerprint density at radius 2 is 1.85 bits per heavy atom. The van der Waals surface area contributed by atoms with E-state index in [1.807, 2.05) is 30.3 Å². The molecule has 1 aliphatic heterocycles. The maximum absolute atomic E-state index is 13.3. The van der Waals surface area contributed by atoms with E-state index in [1.54, 1.807) is 12.1 Å². The highest BCUT2D eigenvalue weighted by atomic mass is 35.5. The van der Waals surface area contributed by atoms with E-state index in [0.717, 1.165) is 23.5 Å². The van der Waals surface area contributed by atoms with Gasteiger partial charge >= 0.3 is 0 Å². The first-order chi connectivity index (χ1) is 15.7. The molecule has 0 saturated heterocycles. The van der Waals surface area contributed by atoms with Gasteiger partial charge in [-0.3, -0.25) is 14.9 Å². The molecule has 0 unspecified atom stereocenters. The number of nitrogens with one attached hydrogen (secondary N) is 2. The number of allylic oxidation sites excluding steroid dienone is 1. The Hall–Kier alpha value is -3.58. The molecule has 168 valence electrons. The molecule has 1 atom stereocenters. The normalized spacial score (nSPS) is 19.1. The molecule has 3 aromatic rings. The first-order valence-electron chi connectivity index (χ1n) is 10.6. The highest BCUT2D eigenvalue weighted by molar-refractivity contribution is 6.33. The summed E-state index contributed by atoms with van der Waals surface area (Å²) < 4.78 is 6.18. The third kappa shape index (κ3) is 3.89. The number of anilines is 2. The molecular formula is C25H22ClN3O4. The van der Waals surface area contributed by atoms with Crippen LogP contribution in [-0.4, -0.2) is 10.7 Å². The van der Waals surface area contributed by atoms with E-state index >= 15 is 0 Å². The molecule has 2 N–H and O–H groups in total. The van der Waals surface area contributed by atoms with Gasteiger partial charge in [-0.15, -0.1) is 0 Å². The molecular weight excluding hydrogens is 442 g/mol. The van der Waals surface area contributed by atoms with Crippen LogP contribution in [0, 0.1) is 15.5 Å². The standard InChI is InChI=1S/C25H22ClN3O4/c1-25(2)12-19-23(20(30)13-25)24(28-18-6-4-3-5-17(18)27-19)22-10-9-21(33-22)15-8-7-14(29(31)32)11-16(15)26/h3-11,24,27-28H,12-13H2,1-2H3/t24-/m1/s1. The molecule has 0 spiro atoms. The fourth-order valence-corrected chi connectivity index (χ4v) is 4.84. The van der Waals surface area contributed by atoms with Crippen molar-refractivity contribution in [1.29, 1.82) is 0 Å². The van der Waals surface area contributed by atoms with Crippen molar-refractivity contribution in [2.24, 2.45) is 5.41 Å². The number of benzene rings is 2. The summed E-state index contributed by atoms with van der Waals surface area (Å²) in [4.78, 5) is 23.8. The lowest BCUT2D eigenvalue weighted by atomic mass is 9.74. The molecule has 1 aromatic heterocycles. The minimum Gasteiger partial charge on any atom is -0.458 e. The number of nitro benzene ring substituents is 1. The molecule has 0 bridgehead atoms. The lowest BCUT2D eigenvalue weighted by Gasteiger charge is -2.33. The highest BCUT2D eigenvalue weighted by Crippen LogP contribution is 2.46. The van der Waals surface area contributed by atoms with Crippen LogP contribution in [0.5, 0.6) is 0 Å². The summed E-state index contributed by atoms with van der Waals surface area (Å²) in [6.07, 6.45) is 1.19. The van der Waals surface area contributed by atoms with E-state index in [-0.39, 0.29) is 21.9 Å². The zero-order chi connectivity index (χ0) is 23.3. The van der Waals surface area contributed by atoms with Crippen molar-refractivity contribution >= 4 is 34.4 Å². The van der Waals surface area contributed by atoms with Crippen LogP contribution in [0.3, 0.4) is 0 Å². The third-order valence-electron chi connectivity index (χ3n) is 6.06. The van der Waals surface area contributed by atoms with E-state index in [1.165, 1.54) is 12.1 Å². The summed E-state index contributed by atoms with van der Waals surface area (Å²) in [5.74, 6) is 1.12. The quantitative estimate of drug-likeness (QED) is 0.330. The molecule has 2 aliphatic rings. The van der Waals surface area contributed by atoms with Crippen LogP contribution in [0.2, 0.25) is 5.02 Å². The minimum absolute atomic E-state index is 0.0744. The van der Waals surface area contributed by atoms with Crippen LogP contribution in [0.15, 0.2) is 70.3 Å². The van der Waals surface area contributed by atoms with Gasteiger partial charge in [-0.25, -0.2) is 0 Å². The molecule has 7 nitrogen and oxygen atoms in total. The number of nitrogens with zero attached hydrogens (tertiary/aromatic N) is 1. The second-order valence-corrected chi connectivity index (χ2v) is 9.61. The predicted octanol–water partition coefficient (Wildman–Crippen LogP) is 6.73. The van der Waals surface area contributed by atoms with Gasteiger partial charge in [0.15, 0.2) is 5.78 Å². The minimum atomic E-state index is -0.493. The second-order valence-electron chi connectivity index (χ2n) is 9.20. The Kier molecular flexibility index (Phi) is 5.01. The number of fused-ring (bicyclic) bond motifs is 1. The fourth-order valence-electron chi connectivity index (χ4n) is 4.57. The van der Waals surface area contributed by atoms with Crippen LogP contribution < -0.4 is 10.6 Å². The van der Waals surface area contributed by atoms with Gasteiger partial charge in [0.25, 0.3) is 5.69 Å². The Morgan fingerprint density at radius 1 is 1.09 bits per heavy atom. The van der Waals surface area contributed by atoms with E-state index in [4.69, 9.17) is 16.0 Å². The maximum Gasteiger partial charge on any atom is 0.270 e. The molecule has 5 rings (SSSR count). The SMILES string of the molecule is CC1(C)CC(=O)C2=C(C1)Nc1ccccc1N[C@@H]2c1ccc(-c2ccc([N+](=O)[O-])cc2Cl)o1. The Balaban J connectivity index is 1.59. The van der Waals surface area contributed by atoms with Gasteiger partial charge in [-0.05, 0) is 42.2 Å². The molecule has 0 amide bonds. The van der Waals surface area contributed by atoms with Crippen LogP contribution in [0.25, 0.3) is 11.3 Å². The summed E-state index contributed by atoms with van der Waals surface area (Å²) in [5.41, 5.74) is 3.65. The van der Waals surface area contributed by atoms with Crippen molar-refractivity contribution in [1.82, 2.24) is 0 Å². The fraction of sp³-hybridized carbons (Fsp3) is 0.240. The zero-order valence-corrected chi connectivity index (χ0v) is 18.9. The van der Waals surface area contributed by atoms with Gasteiger partial charge in [-0.2, -0.15) is 0 Å². The monoisotopic (exact) mass is 463 g/mol. The molecule has 0 radical (unpaired) electrons. The Morgan fingerprint density at radius 3 is 2.58 bits per heavy atom. The van der Waals surface area contributed by atoms with Crippen molar-refractivity contribution in [2.45, 2.75) is 32.7 Å². The molecule has 1 aliphatic carbocycles. The van der Waals surface area contributed by atoms with Crippen LogP contribution in [0.4, 0.5) is 17.1 Å². The van der Waals surface area contributed by atoms with E-state index in [0.29, 0.717) is 29.1 Å². The summed E-state index contributed by atoms with van der Waals surface area (Å²) in [6, 6.07) is 15.2. The average molecular weight is 464 g/mol. The largest absolute Gasteiger partial charge is 0.458 e. The summed E-state index contributed by atoms with van der Waals surface area (Å²) in [6.45, 7) is 4.19. The number of hydrogen-bond acceptors (Lipinski definition) is 6. The lowest BCUT2D eigenvalue weighted by molar-refractivity contribution is -0.384. The maximum atomic E-state index is 13.3. The van der Waals surface area contributed by atoms with Crippen molar-refractivity contribution < 1.29 is 14.1 Å². The number of para-hydroxylation sites is 2. The van der Waals surface area contributed by atoms with Gasteiger partial charge in [0.2, 0.25) is 0 Å². The van der Waals surface area contributed by atoms with Gasteiger partial charge in [-0.1, -0.05) is 37.6 Å². The van der Waals surface area contributed by atoms with E-state index in [9.17, 15) is 14.9 Å².